The van der Waals surface area contributed by atoms with Crippen LogP contribution in [0.3, 0.4) is 0 Å². The van der Waals surface area contributed by atoms with E-state index in [2.05, 4.69) is 5.32 Å². The topological polar surface area (TPSA) is 55.4 Å². The van der Waals surface area contributed by atoms with Crippen molar-refractivity contribution in [2.24, 2.45) is 0 Å². The minimum atomic E-state index is -0.445. The quantitative estimate of drug-likeness (QED) is 0.720. The number of dihydropyridines is 1. The summed E-state index contributed by atoms with van der Waals surface area (Å²) in [4.78, 5) is 26.0. The number of nitrogens with one attached hydrogen (secondary N) is 1. The molecular formula is C24H22ClNO3. The van der Waals surface area contributed by atoms with Gasteiger partial charge in [0.1, 0.15) is 6.61 Å². The van der Waals surface area contributed by atoms with E-state index in [1.807, 2.05) is 49.4 Å². The van der Waals surface area contributed by atoms with Crippen molar-refractivity contribution in [1.29, 1.82) is 0 Å². The second kappa shape index (κ2) is 8.26. The summed E-state index contributed by atoms with van der Waals surface area (Å²) in [6, 6.07) is 16.9. The van der Waals surface area contributed by atoms with Crippen LogP contribution >= 0.6 is 11.6 Å². The molecule has 1 aliphatic carbocycles. The molecule has 4 rings (SSSR count). The summed E-state index contributed by atoms with van der Waals surface area (Å²) in [5, 5.41) is 3.91. The summed E-state index contributed by atoms with van der Waals surface area (Å²) in [6.45, 7) is 2.05. The van der Waals surface area contributed by atoms with Crippen LogP contribution in [0.5, 0.6) is 0 Å². The first-order valence-electron chi connectivity index (χ1n) is 9.75. The third-order valence-electron chi connectivity index (χ3n) is 5.41. The minimum Gasteiger partial charge on any atom is -0.457 e. The summed E-state index contributed by atoms with van der Waals surface area (Å²) >= 11 is 6.07. The van der Waals surface area contributed by atoms with Gasteiger partial charge in [-0.2, -0.15) is 0 Å². The van der Waals surface area contributed by atoms with Gasteiger partial charge in [0, 0.05) is 34.3 Å². The fourth-order valence-corrected chi connectivity index (χ4v) is 4.17. The maximum atomic E-state index is 13.1. The number of hydrogen-bond donors (Lipinski definition) is 1. The highest BCUT2D eigenvalue weighted by Crippen LogP contribution is 2.42. The van der Waals surface area contributed by atoms with Gasteiger partial charge in [-0.25, -0.2) is 4.79 Å². The molecule has 0 amide bonds. The first-order valence-corrected chi connectivity index (χ1v) is 10.1. The average Bonchev–Trinajstić information content (AvgIpc) is 2.72. The zero-order chi connectivity index (χ0) is 20.4. The van der Waals surface area contributed by atoms with Crippen LogP contribution in [0.15, 0.2) is 77.1 Å². The molecule has 0 aromatic heterocycles. The lowest BCUT2D eigenvalue weighted by Crippen LogP contribution is -2.34. The first kappa shape index (κ1) is 19.5. The third-order valence-corrected chi connectivity index (χ3v) is 5.66. The number of rotatable bonds is 4. The van der Waals surface area contributed by atoms with E-state index in [4.69, 9.17) is 16.3 Å². The van der Waals surface area contributed by atoms with Gasteiger partial charge in [-0.3, -0.25) is 4.79 Å². The fourth-order valence-electron chi connectivity index (χ4n) is 4.04. The van der Waals surface area contributed by atoms with E-state index in [1.54, 1.807) is 12.1 Å². The molecule has 1 aliphatic heterocycles. The van der Waals surface area contributed by atoms with E-state index in [-0.39, 0.29) is 12.4 Å². The molecule has 0 bridgehead atoms. The molecule has 2 aromatic rings. The molecule has 0 saturated carbocycles. The van der Waals surface area contributed by atoms with Crippen LogP contribution < -0.4 is 5.32 Å². The number of hydrogen-bond acceptors (Lipinski definition) is 4. The standard InChI is InChI=1S/C24H22ClNO3/c1-15-21(24(28)29-14-16-6-3-2-4-7-16)22(17-10-12-18(25)13-11-17)23-19(26-15)8-5-9-20(23)27/h2-4,6-7,10-13,22,26H,5,8-9,14H2,1H3. The highest BCUT2D eigenvalue weighted by atomic mass is 35.5. The average molecular weight is 408 g/mol. The van der Waals surface area contributed by atoms with Gasteiger partial charge >= 0.3 is 5.97 Å². The largest absolute Gasteiger partial charge is 0.457 e. The first-order chi connectivity index (χ1) is 14.0. The van der Waals surface area contributed by atoms with E-state index in [9.17, 15) is 9.59 Å². The van der Waals surface area contributed by atoms with E-state index >= 15 is 0 Å². The van der Waals surface area contributed by atoms with Crippen LogP contribution in [-0.2, 0) is 20.9 Å². The number of carbonyl (C=O) groups excluding carboxylic acids is 2. The molecule has 1 N–H and O–H groups in total. The summed E-state index contributed by atoms with van der Waals surface area (Å²) in [5.41, 5.74) is 4.59. The summed E-state index contributed by atoms with van der Waals surface area (Å²) < 4.78 is 5.63. The van der Waals surface area contributed by atoms with Gasteiger partial charge in [0.15, 0.2) is 5.78 Å². The van der Waals surface area contributed by atoms with Gasteiger partial charge in [-0.05, 0) is 43.0 Å². The SMILES string of the molecule is CC1=C(C(=O)OCc2ccccc2)C(c2ccc(Cl)cc2)C2=C(CCCC2=O)N1. The van der Waals surface area contributed by atoms with Crippen molar-refractivity contribution in [1.82, 2.24) is 5.32 Å². The predicted molar refractivity (Wildman–Crippen MR) is 112 cm³/mol. The lowest BCUT2D eigenvalue weighted by Gasteiger charge is -2.34. The molecular weight excluding hydrogens is 386 g/mol. The number of esters is 1. The lowest BCUT2D eigenvalue weighted by atomic mass is 9.75. The molecule has 1 heterocycles. The number of allylic oxidation sites excluding steroid dienone is 3. The Morgan fingerprint density at radius 2 is 1.83 bits per heavy atom. The molecule has 0 spiro atoms. The number of halogens is 1. The van der Waals surface area contributed by atoms with Crippen molar-refractivity contribution in [2.75, 3.05) is 0 Å². The Bertz CT molecular complexity index is 1010. The molecule has 29 heavy (non-hydrogen) atoms. The van der Waals surface area contributed by atoms with Crippen LogP contribution in [0.4, 0.5) is 0 Å². The number of carbonyl (C=O) groups is 2. The van der Waals surface area contributed by atoms with Crippen LogP contribution in [0.1, 0.15) is 43.2 Å². The van der Waals surface area contributed by atoms with Crippen LogP contribution in [0.2, 0.25) is 5.02 Å². The molecule has 5 heteroatoms. The normalized spacial score (nSPS) is 19.0. The second-order valence-corrected chi connectivity index (χ2v) is 7.82. The fraction of sp³-hybridized carbons (Fsp3) is 0.250. The van der Waals surface area contributed by atoms with Crippen molar-refractivity contribution in [2.45, 2.75) is 38.7 Å². The second-order valence-electron chi connectivity index (χ2n) is 7.38. The van der Waals surface area contributed by atoms with E-state index in [0.717, 1.165) is 35.4 Å². The number of benzene rings is 2. The Morgan fingerprint density at radius 1 is 1.10 bits per heavy atom. The molecule has 0 fully saturated rings. The molecule has 2 aliphatic rings. The number of ether oxygens (including phenoxy) is 1. The molecule has 148 valence electrons. The molecule has 0 radical (unpaired) electrons. The predicted octanol–water partition coefficient (Wildman–Crippen LogP) is 5.05. The monoisotopic (exact) mass is 407 g/mol. The van der Waals surface area contributed by atoms with Gasteiger partial charge < -0.3 is 10.1 Å². The summed E-state index contributed by atoms with van der Waals surface area (Å²) in [6.07, 6.45) is 2.11. The maximum Gasteiger partial charge on any atom is 0.337 e. The van der Waals surface area contributed by atoms with Crippen LogP contribution in [0, 0.1) is 0 Å². The van der Waals surface area contributed by atoms with E-state index < -0.39 is 11.9 Å². The van der Waals surface area contributed by atoms with Crippen molar-refractivity contribution in [3.05, 3.63) is 93.3 Å². The Labute approximate surface area is 175 Å². The Kier molecular flexibility index (Phi) is 5.54. The van der Waals surface area contributed by atoms with E-state index in [1.165, 1.54) is 0 Å². The van der Waals surface area contributed by atoms with Gasteiger partial charge in [-0.15, -0.1) is 0 Å². The smallest absolute Gasteiger partial charge is 0.337 e. The highest BCUT2D eigenvalue weighted by Gasteiger charge is 2.39. The van der Waals surface area contributed by atoms with Crippen molar-refractivity contribution >= 4 is 23.4 Å². The molecule has 0 saturated heterocycles. The minimum absolute atomic E-state index is 0.0829. The zero-order valence-corrected chi connectivity index (χ0v) is 17.0. The third kappa shape index (κ3) is 3.99. The van der Waals surface area contributed by atoms with Gasteiger partial charge in [0.25, 0.3) is 0 Å². The van der Waals surface area contributed by atoms with Crippen molar-refractivity contribution in [3.63, 3.8) is 0 Å². The van der Waals surface area contributed by atoms with Gasteiger partial charge in [0.05, 0.1) is 5.57 Å². The van der Waals surface area contributed by atoms with Crippen LogP contribution in [0.25, 0.3) is 0 Å². The van der Waals surface area contributed by atoms with Crippen LogP contribution in [-0.4, -0.2) is 11.8 Å². The number of Topliss-reactive ketones (excluding diaryl/α,β-unsaturated/α-hetero) is 1. The Hall–Kier alpha value is -2.85. The molecule has 4 nitrogen and oxygen atoms in total. The Morgan fingerprint density at radius 3 is 2.55 bits per heavy atom. The van der Waals surface area contributed by atoms with E-state index in [0.29, 0.717) is 22.6 Å². The molecule has 1 atom stereocenters. The van der Waals surface area contributed by atoms with Crippen molar-refractivity contribution < 1.29 is 14.3 Å². The number of ketones is 1. The maximum absolute atomic E-state index is 13.1. The summed E-state index contributed by atoms with van der Waals surface area (Å²) in [7, 11) is 0. The van der Waals surface area contributed by atoms with Gasteiger partial charge in [0.2, 0.25) is 0 Å². The lowest BCUT2D eigenvalue weighted by molar-refractivity contribution is -0.140. The zero-order valence-electron chi connectivity index (χ0n) is 16.2. The molecule has 2 aromatic carbocycles. The summed E-state index contributed by atoms with van der Waals surface area (Å²) in [5.74, 6) is -0.775. The Balaban J connectivity index is 1.70. The van der Waals surface area contributed by atoms with Gasteiger partial charge in [-0.1, -0.05) is 54.1 Å². The van der Waals surface area contributed by atoms with Crippen molar-refractivity contribution in [3.8, 4) is 0 Å². The highest BCUT2D eigenvalue weighted by molar-refractivity contribution is 6.30. The molecule has 1 unspecified atom stereocenters.